The predicted octanol–water partition coefficient (Wildman–Crippen LogP) is 4.23. The Morgan fingerprint density at radius 3 is 2.77 bits per heavy atom. The van der Waals surface area contributed by atoms with Crippen LogP contribution in [0.5, 0.6) is 0 Å². The van der Waals surface area contributed by atoms with Crippen molar-refractivity contribution in [3.63, 3.8) is 0 Å². The normalized spacial score (nSPS) is 15.6. The number of hydrogen-bond acceptors (Lipinski definition) is 7. The summed E-state index contributed by atoms with van der Waals surface area (Å²) >= 11 is 0.731. The maximum atomic E-state index is 13.2. The molecule has 0 saturated carbocycles. The van der Waals surface area contributed by atoms with E-state index < -0.39 is 51.8 Å². The summed E-state index contributed by atoms with van der Waals surface area (Å²) in [5.74, 6) is -2.88. The van der Waals surface area contributed by atoms with E-state index in [1.54, 1.807) is 0 Å². The molecule has 0 atom stereocenters. The Bertz CT molecular complexity index is 1510. The third kappa shape index (κ3) is 4.14. The highest BCUT2D eigenvalue weighted by Gasteiger charge is 2.27. The number of sulfonamides is 1. The Hall–Kier alpha value is -2.98. The molecule has 2 aromatic heterocycles. The molecule has 10 heteroatoms. The summed E-state index contributed by atoms with van der Waals surface area (Å²) in [4.78, 5) is 24.9. The number of nitrogens with one attached hydrogen (secondary N) is 2. The first-order chi connectivity index (χ1) is 16.9. The molecule has 1 amide bonds. The van der Waals surface area contributed by atoms with Gasteiger partial charge in [-0.2, -0.15) is 0 Å². The first kappa shape index (κ1) is 14.1. The summed E-state index contributed by atoms with van der Waals surface area (Å²) in [5.41, 5.74) is -0.657. The highest BCUT2D eigenvalue weighted by atomic mass is 32.2. The van der Waals surface area contributed by atoms with Gasteiger partial charge >= 0.3 is 0 Å². The lowest BCUT2D eigenvalue weighted by molar-refractivity contribution is 0.101. The van der Waals surface area contributed by atoms with Crippen molar-refractivity contribution in [2.45, 2.75) is 39.4 Å². The molecular formula is C20H21N3O5S2. The van der Waals surface area contributed by atoms with Gasteiger partial charge in [-0.1, -0.05) is 11.2 Å². The van der Waals surface area contributed by atoms with Crippen LogP contribution in [0.15, 0.2) is 33.0 Å². The molecule has 158 valence electrons. The van der Waals surface area contributed by atoms with Gasteiger partial charge in [0, 0.05) is 19.4 Å². The molecule has 0 aliphatic rings. The third-order valence-corrected chi connectivity index (χ3v) is 6.50. The molecule has 3 aromatic rings. The van der Waals surface area contributed by atoms with Crippen molar-refractivity contribution in [3.8, 4) is 0 Å². The summed E-state index contributed by atoms with van der Waals surface area (Å²) in [7, 11) is -4.56. The number of carbonyl (C=O) groups is 2. The quantitative estimate of drug-likeness (QED) is 0.538. The summed E-state index contributed by atoms with van der Waals surface area (Å²) in [6.07, 6.45) is 0. The van der Waals surface area contributed by atoms with Crippen molar-refractivity contribution < 1.29 is 32.1 Å². The van der Waals surface area contributed by atoms with Crippen LogP contribution in [-0.2, 0) is 10.0 Å². The summed E-state index contributed by atoms with van der Waals surface area (Å²) in [6.45, 7) is -1.52. The van der Waals surface area contributed by atoms with E-state index in [4.69, 9.17) is 14.1 Å². The number of carbonyl (C=O) groups excluding carboxylic acids is 2. The maximum Gasteiger partial charge on any atom is 0.267 e. The second-order valence-electron chi connectivity index (χ2n) is 6.34. The topological polar surface area (TPSA) is 118 Å². The van der Waals surface area contributed by atoms with Gasteiger partial charge in [-0.05, 0) is 63.1 Å². The Balaban J connectivity index is 2.03. The van der Waals surface area contributed by atoms with Gasteiger partial charge in [0.15, 0.2) is 5.78 Å². The smallest absolute Gasteiger partial charge is 0.267 e. The van der Waals surface area contributed by atoms with Crippen molar-refractivity contribution in [3.05, 3.63) is 56.4 Å². The lowest BCUT2D eigenvalue weighted by atomic mass is 10.0. The second-order valence-corrected chi connectivity index (χ2v) is 8.91. The van der Waals surface area contributed by atoms with Crippen molar-refractivity contribution in [2.24, 2.45) is 0 Å². The molecule has 30 heavy (non-hydrogen) atoms. The van der Waals surface area contributed by atoms with E-state index in [1.165, 1.54) is 32.2 Å². The average molecular weight is 455 g/mol. The first-order valence-electron chi connectivity index (χ1n) is 11.9. The molecule has 1 aromatic carbocycles. The number of Topliss-reactive ketones (excluding diaryl/α,β-unsaturated/α-hetero) is 1. The fraction of sp³-hybridized carbons (Fsp3) is 0.250. The van der Waals surface area contributed by atoms with Crippen LogP contribution < -0.4 is 10.0 Å². The van der Waals surface area contributed by atoms with Gasteiger partial charge in [-0.3, -0.25) is 9.59 Å². The predicted molar refractivity (Wildman–Crippen MR) is 115 cm³/mol. The average Bonchev–Trinajstić information content (AvgIpc) is 3.39. The van der Waals surface area contributed by atoms with Gasteiger partial charge in [0.05, 0.1) is 12.8 Å². The van der Waals surface area contributed by atoms with Gasteiger partial charge in [-0.15, -0.1) is 11.3 Å². The van der Waals surface area contributed by atoms with Crippen LogP contribution >= 0.6 is 11.3 Å². The molecule has 0 saturated heterocycles. The zero-order chi connectivity index (χ0) is 28.1. The number of anilines is 2. The van der Waals surface area contributed by atoms with Gasteiger partial charge < -0.3 is 9.84 Å². The third-order valence-electron chi connectivity index (χ3n) is 4.09. The van der Waals surface area contributed by atoms with E-state index in [0.29, 0.717) is 5.56 Å². The minimum Gasteiger partial charge on any atom is -0.337 e. The Kier molecular flexibility index (Phi) is 3.78. The van der Waals surface area contributed by atoms with Gasteiger partial charge in [0.1, 0.15) is 9.77 Å². The minimum absolute atomic E-state index is 0.0454. The fourth-order valence-corrected chi connectivity index (χ4v) is 5.01. The molecule has 8 nitrogen and oxygen atoms in total. The zero-order valence-corrected chi connectivity index (χ0v) is 17.7. The summed E-state index contributed by atoms with van der Waals surface area (Å²) in [6, 6.07) is 2.23. The molecule has 0 radical (unpaired) electrons. The fourth-order valence-electron chi connectivity index (χ4n) is 2.69. The van der Waals surface area contributed by atoms with Crippen LogP contribution in [-0.4, -0.2) is 25.3 Å². The number of ketones is 1. The van der Waals surface area contributed by atoms with E-state index in [0.717, 1.165) is 17.4 Å². The van der Waals surface area contributed by atoms with E-state index in [1.807, 2.05) is 4.72 Å². The first-order valence-corrected chi connectivity index (χ1v) is 10.8. The second kappa shape index (κ2) is 8.04. The van der Waals surface area contributed by atoms with Crippen LogP contribution in [0.1, 0.15) is 58.9 Å². The van der Waals surface area contributed by atoms with Crippen LogP contribution in [0.25, 0.3) is 0 Å². The number of nitrogens with zero attached hydrogens (tertiary/aromatic N) is 1. The SMILES string of the molecule is [2H]c1c(C)cc(C(=O)C([2H])([2H])[2H])c(NC(=O)c2sccc2S(=O)(=O)Nc2onc(C)c2C([2H])([2H])[2H])c1C. The van der Waals surface area contributed by atoms with Crippen molar-refractivity contribution in [1.82, 2.24) is 5.16 Å². The molecule has 0 aliphatic carbocycles. The monoisotopic (exact) mass is 454 g/mol. The number of aryl methyl sites for hydroxylation is 2. The summed E-state index contributed by atoms with van der Waals surface area (Å²) < 4.78 is 86.4. The van der Waals surface area contributed by atoms with Gasteiger partial charge in [-0.25, -0.2) is 13.1 Å². The number of thiophene rings is 1. The van der Waals surface area contributed by atoms with E-state index in [-0.39, 0.29) is 33.4 Å². The van der Waals surface area contributed by atoms with Crippen LogP contribution in [0.2, 0.25) is 0 Å². The van der Waals surface area contributed by atoms with Gasteiger partial charge in [0.25, 0.3) is 15.9 Å². The molecule has 0 spiro atoms. The zero-order valence-electron chi connectivity index (χ0n) is 23.0. The summed E-state index contributed by atoms with van der Waals surface area (Å²) in [5, 5.41) is 7.18. The molecular weight excluding hydrogens is 426 g/mol. The van der Waals surface area contributed by atoms with Crippen LogP contribution in [0.3, 0.4) is 0 Å². The lowest BCUT2D eigenvalue weighted by Gasteiger charge is -2.14. The van der Waals surface area contributed by atoms with Gasteiger partial charge in [0.2, 0.25) is 5.88 Å². The Morgan fingerprint density at radius 1 is 1.30 bits per heavy atom. The van der Waals surface area contributed by atoms with Crippen molar-refractivity contribution in [1.29, 1.82) is 0 Å². The Labute approximate surface area is 188 Å². The number of benzene rings is 1. The molecule has 0 aliphatic heterocycles. The molecule has 0 fully saturated rings. The molecule has 2 N–H and O–H groups in total. The highest BCUT2D eigenvalue weighted by Crippen LogP contribution is 2.29. The number of hydrogen-bond donors (Lipinski definition) is 2. The lowest BCUT2D eigenvalue weighted by Crippen LogP contribution is -2.20. The molecule has 3 rings (SSSR count). The Morgan fingerprint density at radius 2 is 2.07 bits per heavy atom. The highest BCUT2D eigenvalue weighted by molar-refractivity contribution is 7.93. The molecule has 0 unspecified atom stereocenters. The van der Waals surface area contributed by atoms with E-state index >= 15 is 0 Å². The minimum atomic E-state index is -4.56. The van der Waals surface area contributed by atoms with E-state index in [9.17, 15) is 18.0 Å². The molecule has 0 bridgehead atoms. The largest absolute Gasteiger partial charge is 0.337 e. The maximum absolute atomic E-state index is 13.2. The van der Waals surface area contributed by atoms with Crippen molar-refractivity contribution in [2.75, 3.05) is 10.0 Å². The van der Waals surface area contributed by atoms with Crippen molar-refractivity contribution >= 4 is 44.6 Å². The van der Waals surface area contributed by atoms with Crippen LogP contribution in [0, 0.1) is 27.6 Å². The van der Waals surface area contributed by atoms with Crippen LogP contribution in [0.4, 0.5) is 11.6 Å². The number of aromatic nitrogens is 1. The molecule has 2 heterocycles. The standard InChI is InChI=1S/C20H21N3O5S2/c1-10-8-11(2)17(15(9-10)14(5)24)21-19(25)18-16(6-7-29-18)30(26,27)23-20-12(3)13(4)22-28-20/h6-9,23H,1-5H3,(H,21,25)/i3D3,5D3,8D. The van der Waals surface area contributed by atoms with E-state index in [2.05, 4.69) is 10.5 Å². The number of amides is 1. The number of rotatable bonds is 6.